The van der Waals surface area contributed by atoms with Crippen LogP contribution in [0.5, 0.6) is 0 Å². The lowest BCUT2D eigenvalue weighted by molar-refractivity contribution is -0.131. The number of rotatable bonds is 5. The fourth-order valence-corrected chi connectivity index (χ4v) is 5.52. The van der Waals surface area contributed by atoms with Crippen LogP contribution in [-0.2, 0) is 16.1 Å². The van der Waals surface area contributed by atoms with E-state index in [9.17, 15) is 9.59 Å². The first-order valence-corrected chi connectivity index (χ1v) is 12.3. The van der Waals surface area contributed by atoms with E-state index in [1.165, 1.54) is 25.7 Å². The van der Waals surface area contributed by atoms with Crippen molar-refractivity contribution in [2.24, 2.45) is 17.8 Å². The highest BCUT2D eigenvalue weighted by Crippen LogP contribution is 2.40. The molecule has 1 saturated heterocycles. The van der Waals surface area contributed by atoms with Crippen LogP contribution >= 0.6 is 0 Å². The van der Waals surface area contributed by atoms with Gasteiger partial charge in [-0.25, -0.2) is 4.79 Å². The molecule has 32 heavy (non-hydrogen) atoms. The summed E-state index contributed by atoms with van der Waals surface area (Å²) in [5, 5.41) is 0. The molecule has 2 fully saturated rings. The number of amides is 2. The van der Waals surface area contributed by atoms with Crippen LogP contribution in [0.3, 0.4) is 0 Å². The van der Waals surface area contributed by atoms with Gasteiger partial charge in [0.25, 0.3) is 0 Å². The molecule has 4 atom stereocenters. The first kappa shape index (κ1) is 22.9. The van der Waals surface area contributed by atoms with Crippen molar-refractivity contribution in [2.75, 3.05) is 13.1 Å². The summed E-state index contributed by atoms with van der Waals surface area (Å²) in [5.74, 6) is 2.01. The molecule has 3 unspecified atom stereocenters. The zero-order valence-corrected chi connectivity index (χ0v) is 19.8. The van der Waals surface area contributed by atoms with Gasteiger partial charge in [-0.3, -0.25) is 9.69 Å². The highest BCUT2D eigenvalue weighted by molar-refractivity contribution is 5.77. The number of hydrogen-bond acceptors (Lipinski definition) is 3. The van der Waals surface area contributed by atoms with Gasteiger partial charge >= 0.3 is 6.09 Å². The van der Waals surface area contributed by atoms with Crippen molar-refractivity contribution < 1.29 is 14.3 Å². The number of hydrogen-bond donors (Lipinski definition) is 0. The van der Waals surface area contributed by atoms with E-state index in [4.69, 9.17) is 4.74 Å². The average Bonchev–Trinajstić information content (AvgIpc) is 3.24. The highest BCUT2D eigenvalue weighted by Gasteiger charge is 2.37. The van der Waals surface area contributed by atoms with E-state index in [0.717, 1.165) is 17.9 Å². The lowest BCUT2D eigenvalue weighted by Crippen LogP contribution is -2.45. The molecular weight excluding hydrogens is 400 g/mol. The zero-order chi connectivity index (χ0) is 22.7. The van der Waals surface area contributed by atoms with Crippen molar-refractivity contribution in [1.82, 2.24) is 9.80 Å². The summed E-state index contributed by atoms with van der Waals surface area (Å²) >= 11 is 0. The summed E-state index contributed by atoms with van der Waals surface area (Å²) in [7, 11) is 0. The molecular formula is C27H38N2O3. The van der Waals surface area contributed by atoms with Gasteiger partial charge in [-0.05, 0) is 69.8 Å². The molecule has 4 rings (SSSR count). The maximum absolute atomic E-state index is 13.2. The predicted octanol–water partition coefficient (Wildman–Crippen LogP) is 5.41. The molecule has 1 heterocycles. The molecule has 5 heteroatoms. The molecule has 0 N–H and O–H groups in total. The number of carbonyl (C=O) groups excluding carboxylic acids is 2. The van der Waals surface area contributed by atoms with Gasteiger partial charge in [-0.2, -0.15) is 0 Å². The molecule has 1 aromatic carbocycles. The van der Waals surface area contributed by atoms with Gasteiger partial charge in [0.2, 0.25) is 5.91 Å². The van der Waals surface area contributed by atoms with Gasteiger partial charge in [0.15, 0.2) is 0 Å². The van der Waals surface area contributed by atoms with Crippen molar-refractivity contribution in [3.63, 3.8) is 0 Å². The molecule has 3 aliphatic rings. The van der Waals surface area contributed by atoms with E-state index in [2.05, 4.69) is 12.2 Å². The highest BCUT2D eigenvalue weighted by atomic mass is 16.6. The maximum atomic E-state index is 13.2. The predicted molar refractivity (Wildman–Crippen MR) is 126 cm³/mol. The molecule has 0 radical (unpaired) electrons. The Hall–Kier alpha value is -2.30. The first-order chi connectivity index (χ1) is 15.3. The molecule has 1 aliphatic heterocycles. The number of nitrogens with zero attached hydrogens (tertiary/aromatic N) is 2. The fraction of sp³-hybridized carbons (Fsp3) is 0.630. The lowest BCUT2D eigenvalue weighted by Gasteiger charge is -2.36. The Morgan fingerprint density at radius 2 is 1.88 bits per heavy atom. The molecule has 0 spiro atoms. The van der Waals surface area contributed by atoms with Gasteiger partial charge < -0.3 is 9.64 Å². The monoisotopic (exact) mass is 438 g/mol. The summed E-state index contributed by atoms with van der Waals surface area (Å²) in [6.07, 6.45) is 10.9. The van der Waals surface area contributed by atoms with E-state index in [1.807, 2.05) is 60.9 Å². The topological polar surface area (TPSA) is 49.9 Å². The number of likely N-dealkylation sites (tertiary alicyclic amines) is 1. The normalized spacial score (nSPS) is 27.3. The van der Waals surface area contributed by atoms with E-state index in [1.54, 1.807) is 0 Å². The molecule has 1 saturated carbocycles. The number of ether oxygens (including phenoxy) is 1. The Balaban J connectivity index is 1.40. The molecule has 0 aromatic heterocycles. The minimum Gasteiger partial charge on any atom is -0.444 e. The second-order valence-corrected chi connectivity index (χ2v) is 10.8. The third-order valence-corrected chi connectivity index (χ3v) is 7.18. The quantitative estimate of drug-likeness (QED) is 0.578. The van der Waals surface area contributed by atoms with Gasteiger partial charge in [0.05, 0.1) is 6.04 Å². The SMILES string of the molecule is CC(C)(C)OC(=O)N(Cc1ccccc1)[C@@H]1CCN(C(=O)CC2C=CC3CCCC2C3)C1. The maximum Gasteiger partial charge on any atom is 0.410 e. The minimum absolute atomic E-state index is 0.0186. The second kappa shape index (κ2) is 9.68. The summed E-state index contributed by atoms with van der Waals surface area (Å²) in [5.41, 5.74) is 0.521. The third kappa shape index (κ3) is 5.73. The van der Waals surface area contributed by atoms with Crippen LogP contribution in [0.1, 0.15) is 64.9 Å². The molecule has 174 valence electrons. The van der Waals surface area contributed by atoms with Gasteiger partial charge in [-0.15, -0.1) is 0 Å². The molecule has 1 aromatic rings. The van der Waals surface area contributed by atoms with Crippen molar-refractivity contribution in [3.05, 3.63) is 48.0 Å². The third-order valence-electron chi connectivity index (χ3n) is 7.18. The Morgan fingerprint density at radius 3 is 2.62 bits per heavy atom. The van der Waals surface area contributed by atoms with E-state index in [-0.39, 0.29) is 18.0 Å². The molecule has 2 bridgehead atoms. The van der Waals surface area contributed by atoms with E-state index >= 15 is 0 Å². The summed E-state index contributed by atoms with van der Waals surface area (Å²) in [6, 6.07) is 9.99. The van der Waals surface area contributed by atoms with Crippen molar-refractivity contribution in [3.8, 4) is 0 Å². The van der Waals surface area contributed by atoms with Crippen molar-refractivity contribution >= 4 is 12.0 Å². The number of benzene rings is 1. The second-order valence-electron chi connectivity index (χ2n) is 10.8. The smallest absolute Gasteiger partial charge is 0.410 e. The Morgan fingerprint density at radius 1 is 1.09 bits per heavy atom. The summed E-state index contributed by atoms with van der Waals surface area (Å²) < 4.78 is 5.72. The van der Waals surface area contributed by atoms with Gasteiger partial charge in [0, 0.05) is 26.1 Å². The van der Waals surface area contributed by atoms with Gasteiger partial charge in [-0.1, -0.05) is 48.9 Å². The van der Waals surface area contributed by atoms with Crippen LogP contribution in [0.4, 0.5) is 4.79 Å². The van der Waals surface area contributed by atoms with Crippen LogP contribution in [0.15, 0.2) is 42.5 Å². The van der Waals surface area contributed by atoms with Crippen LogP contribution in [-0.4, -0.2) is 46.5 Å². The molecule has 2 aliphatic carbocycles. The van der Waals surface area contributed by atoms with Gasteiger partial charge in [0.1, 0.15) is 5.60 Å². The molecule has 2 amide bonds. The van der Waals surface area contributed by atoms with E-state index < -0.39 is 5.60 Å². The summed E-state index contributed by atoms with van der Waals surface area (Å²) in [6.45, 7) is 7.48. The minimum atomic E-state index is -0.550. The largest absolute Gasteiger partial charge is 0.444 e. The fourth-order valence-electron chi connectivity index (χ4n) is 5.52. The van der Waals surface area contributed by atoms with Crippen molar-refractivity contribution in [1.29, 1.82) is 0 Å². The number of allylic oxidation sites excluding steroid dienone is 2. The van der Waals surface area contributed by atoms with Crippen LogP contribution in [0.2, 0.25) is 0 Å². The average molecular weight is 439 g/mol. The standard InChI is InChI=1S/C27H38N2O3/c1-27(2,3)32-26(31)29(18-21-8-5-4-6-9-21)24-14-15-28(19-24)25(30)17-23-13-12-20-10-7-11-22(23)16-20/h4-6,8-9,12-13,20,22-24H,7,10-11,14-19H2,1-3H3/t20?,22?,23?,24-/m1/s1. The Labute approximate surface area is 192 Å². The lowest BCUT2D eigenvalue weighted by atomic mass is 9.70. The van der Waals surface area contributed by atoms with Crippen molar-refractivity contribution in [2.45, 2.75) is 77.5 Å². The Bertz CT molecular complexity index is 829. The first-order valence-electron chi connectivity index (χ1n) is 12.3. The summed E-state index contributed by atoms with van der Waals surface area (Å²) in [4.78, 5) is 30.0. The number of carbonyl (C=O) groups is 2. The number of fused-ring (bicyclic) bond motifs is 2. The Kier molecular flexibility index (Phi) is 6.92. The van der Waals surface area contributed by atoms with Crippen LogP contribution < -0.4 is 0 Å². The van der Waals surface area contributed by atoms with Crippen LogP contribution in [0.25, 0.3) is 0 Å². The zero-order valence-electron chi connectivity index (χ0n) is 19.8. The van der Waals surface area contributed by atoms with E-state index in [0.29, 0.717) is 37.9 Å². The van der Waals surface area contributed by atoms with Crippen LogP contribution in [0, 0.1) is 17.8 Å². The molecule has 5 nitrogen and oxygen atoms in total.